The minimum Gasteiger partial charge on any atom is -0.487 e. The van der Waals surface area contributed by atoms with E-state index < -0.39 is 0 Å². The predicted molar refractivity (Wildman–Crippen MR) is 121 cm³/mol. The molecule has 0 saturated carbocycles. The first kappa shape index (κ1) is 18.9. The number of nitrogens with one attached hydrogen (secondary N) is 1. The third-order valence-corrected chi connectivity index (χ3v) is 5.16. The van der Waals surface area contributed by atoms with E-state index in [1.54, 1.807) is 6.07 Å². The van der Waals surface area contributed by atoms with Crippen molar-refractivity contribution < 1.29 is 4.74 Å². The number of nitrogens with zero attached hydrogens (tertiary/aromatic N) is 2. The van der Waals surface area contributed by atoms with Crippen molar-refractivity contribution in [1.82, 2.24) is 14.6 Å². The molecule has 0 radical (unpaired) electrons. The number of para-hydroxylation sites is 1. The van der Waals surface area contributed by atoms with Crippen molar-refractivity contribution in [2.75, 3.05) is 0 Å². The summed E-state index contributed by atoms with van der Waals surface area (Å²) in [6.45, 7) is 0.297. The Kier molecular flexibility index (Phi) is 5.07. The average molecular weight is 407 g/mol. The van der Waals surface area contributed by atoms with Crippen LogP contribution in [0.2, 0.25) is 0 Å². The maximum atomic E-state index is 12.9. The lowest BCUT2D eigenvalue weighted by atomic mass is 10.1. The molecule has 0 fully saturated rings. The Balaban J connectivity index is 1.61. The van der Waals surface area contributed by atoms with Crippen LogP contribution in [-0.4, -0.2) is 14.6 Å². The Morgan fingerprint density at radius 2 is 1.48 bits per heavy atom. The van der Waals surface area contributed by atoms with Gasteiger partial charge in [-0.1, -0.05) is 78.9 Å². The molecule has 31 heavy (non-hydrogen) atoms. The van der Waals surface area contributed by atoms with Crippen LogP contribution in [-0.2, 0) is 13.0 Å². The van der Waals surface area contributed by atoms with E-state index in [1.165, 1.54) is 4.52 Å². The topological polar surface area (TPSA) is 59.4 Å². The lowest BCUT2D eigenvalue weighted by Crippen LogP contribution is -2.16. The van der Waals surface area contributed by atoms with Gasteiger partial charge >= 0.3 is 0 Å². The fourth-order valence-electron chi connectivity index (χ4n) is 3.71. The largest absolute Gasteiger partial charge is 0.487 e. The lowest BCUT2D eigenvalue weighted by Gasteiger charge is -2.07. The summed E-state index contributed by atoms with van der Waals surface area (Å²) in [7, 11) is 0. The molecule has 0 amide bonds. The van der Waals surface area contributed by atoms with E-state index in [2.05, 4.69) is 5.10 Å². The van der Waals surface area contributed by atoms with E-state index in [-0.39, 0.29) is 5.56 Å². The number of hydrogen-bond donors (Lipinski definition) is 1. The number of benzene rings is 3. The number of ether oxygens (including phenoxy) is 1. The molecule has 0 saturated heterocycles. The summed E-state index contributed by atoms with van der Waals surface area (Å²) in [5, 5.41) is 3.21. The van der Waals surface area contributed by atoms with E-state index >= 15 is 0 Å². The van der Waals surface area contributed by atoms with E-state index in [0.29, 0.717) is 18.7 Å². The molecule has 2 heterocycles. The molecule has 5 nitrogen and oxygen atoms in total. The molecule has 0 spiro atoms. The first-order chi connectivity index (χ1) is 15.3. The molecule has 5 heteroatoms. The van der Waals surface area contributed by atoms with Gasteiger partial charge in [0.15, 0.2) is 5.65 Å². The highest BCUT2D eigenvalue weighted by molar-refractivity contribution is 5.79. The summed E-state index contributed by atoms with van der Waals surface area (Å²) < 4.78 is 7.48. The molecule has 5 rings (SSSR count). The number of hydrogen-bond acceptors (Lipinski definition) is 3. The van der Waals surface area contributed by atoms with Crippen LogP contribution in [0.15, 0.2) is 102 Å². The van der Waals surface area contributed by atoms with Crippen LogP contribution in [0, 0.1) is 0 Å². The Bertz CT molecular complexity index is 1360. The molecule has 0 atom stereocenters. The van der Waals surface area contributed by atoms with Crippen molar-refractivity contribution in [2.24, 2.45) is 0 Å². The highest BCUT2D eigenvalue weighted by Crippen LogP contribution is 2.28. The third-order valence-electron chi connectivity index (χ3n) is 5.16. The molecular formula is C26H21N3O2. The van der Waals surface area contributed by atoms with Gasteiger partial charge < -0.3 is 4.74 Å². The molecule has 5 aromatic rings. The summed E-state index contributed by atoms with van der Waals surface area (Å²) in [4.78, 5) is 17.8. The SMILES string of the molecule is O=c1cc(Cc2ccccc2)nc2c(-c3ccccc3)c(COc3ccccc3)[nH]n12. The molecule has 3 aromatic carbocycles. The van der Waals surface area contributed by atoms with E-state index in [9.17, 15) is 4.79 Å². The van der Waals surface area contributed by atoms with E-state index in [4.69, 9.17) is 9.72 Å². The maximum Gasteiger partial charge on any atom is 0.272 e. The number of aromatic amines is 1. The summed E-state index contributed by atoms with van der Waals surface area (Å²) in [6, 6.07) is 31.2. The quantitative estimate of drug-likeness (QED) is 0.437. The zero-order chi connectivity index (χ0) is 21.0. The van der Waals surface area contributed by atoms with Crippen LogP contribution >= 0.6 is 0 Å². The highest BCUT2D eigenvalue weighted by Gasteiger charge is 2.17. The second-order valence-corrected chi connectivity index (χ2v) is 7.34. The molecule has 0 unspecified atom stereocenters. The fraction of sp³-hybridized carbons (Fsp3) is 0.0769. The van der Waals surface area contributed by atoms with Gasteiger partial charge in [-0.05, 0) is 23.3 Å². The van der Waals surface area contributed by atoms with Crippen molar-refractivity contribution >= 4 is 5.65 Å². The van der Waals surface area contributed by atoms with Gasteiger partial charge in [0.2, 0.25) is 0 Å². The second-order valence-electron chi connectivity index (χ2n) is 7.34. The minimum atomic E-state index is -0.140. The van der Waals surface area contributed by atoms with Crippen LogP contribution in [0.4, 0.5) is 0 Å². The van der Waals surface area contributed by atoms with E-state index in [0.717, 1.165) is 33.8 Å². The summed E-state index contributed by atoms with van der Waals surface area (Å²) >= 11 is 0. The number of aromatic nitrogens is 3. The van der Waals surface area contributed by atoms with Gasteiger partial charge in [0.25, 0.3) is 5.56 Å². The van der Waals surface area contributed by atoms with Crippen molar-refractivity contribution in [3.63, 3.8) is 0 Å². The molecule has 152 valence electrons. The fourth-order valence-corrected chi connectivity index (χ4v) is 3.71. The Hall–Kier alpha value is -4.12. The van der Waals surface area contributed by atoms with Crippen LogP contribution in [0.1, 0.15) is 17.0 Å². The predicted octanol–water partition coefficient (Wildman–Crippen LogP) is 4.86. The third kappa shape index (κ3) is 3.98. The first-order valence-corrected chi connectivity index (χ1v) is 10.2. The zero-order valence-electron chi connectivity index (χ0n) is 16.9. The van der Waals surface area contributed by atoms with Gasteiger partial charge in [0.05, 0.1) is 17.0 Å². The number of rotatable bonds is 6. The Morgan fingerprint density at radius 3 is 2.19 bits per heavy atom. The first-order valence-electron chi connectivity index (χ1n) is 10.2. The minimum absolute atomic E-state index is 0.140. The van der Waals surface area contributed by atoms with E-state index in [1.807, 2.05) is 91.0 Å². The zero-order valence-corrected chi connectivity index (χ0v) is 16.9. The lowest BCUT2D eigenvalue weighted by molar-refractivity contribution is 0.301. The standard InChI is InChI=1S/C26H21N3O2/c30-24-17-21(16-19-10-4-1-5-11-19)27-26-25(20-12-6-2-7-13-20)23(28-29(24)26)18-31-22-14-8-3-9-15-22/h1-15,17,28H,16,18H2. The van der Waals surface area contributed by atoms with Gasteiger partial charge in [-0.3, -0.25) is 9.89 Å². The van der Waals surface area contributed by atoms with Crippen LogP contribution in [0.5, 0.6) is 5.75 Å². The van der Waals surface area contributed by atoms with Crippen LogP contribution in [0.25, 0.3) is 16.8 Å². The molecule has 0 aliphatic heterocycles. The van der Waals surface area contributed by atoms with Crippen molar-refractivity contribution in [3.8, 4) is 16.9 Å². The van der Waals surface area contributed by atoms with Crippen molar-refractivity contribution in [3.05, 3.63) is 124 Å². The van der Waals surface area contributed by atoms with Gasteiger partial charge in [0.1, 0.15) is 12.4 Å². The summed E-state index contributed by atoms with van der Waals surface area (Å²) in [6.07, 6.45) is 0.599. The molecule has 1 N–H and O–H groups in total. The monoisotopic (exact) mass is 407 g/mol. The maximum absolute atomic E-state index is 12.9. The van der Waals surface area contributed by atoms with Gasteiger partial charge in [0, 0.05) is 12.5 Å². The Labute approximate surface area is 179 Å². The molecular weight excluding hydrogens is 386 g/mol. The molecule has 2 aromatic heterocycles. The molecule has 0 aliphatic rings. The smallest absolute Gasteiger partial charge is 0.272 e. The number of fused-ring (bicyclic) bond motifs is 1. The number of H-pyrrole nitrogens is 1. The normalized spacial score (nSPS) is 11.0. The average Bonchev–Trinajstić information content (AvgIpc) is 3.18. The van der Waals surface area contributed by atoms with Gasteiger partial charge in [-0.15, -0.1) is 0 Å². The Morgan fingerprint density at radius 1 is 0.839 bits per heavy atom. The van der Waals surface area contributed by atoms with Gasteiger partial charge in [-0.25, -0.2) is 9.50 Å². The van der Waals surface area contributed by atoms with Crippen molar-refractivity contribution in [2.45, 2.75) is 13.0 Å². The summed E-state index contributed by atoms with van der Waals surface area (Å²) in [5.74, 6) is 0.769. The summed E-state index contributed by atoms with van der Waals surface area (Å²) in [5.41, 5.74) is 4.98. The van der Waals surface area contributed by atoms with Gasteiger partial charge in [-0.2, -0.15) is 0 Å². The highest BCUT2D eigenvalue weighted by atomic mass is 16.5. The second kappa shape index (κ2) is 8.32. The van der Waals surface area contributed by atoms with Crippen LogP contribution in [0.3, 0.4) is 0 Å². The molecule has 0 aliphatic carbocycles. The van der Waals surface area contributed by atoms with Crippen molar-refractivity contribution in [1.29, 1.82) is 0 Å². The van der Waals surface area contributed by atoms with Crippen LogP contribution < -0.4 is 10.3 Å². The molecule has 0 bridgehead atoms.